The molecule has 0 amide bonds. The fourth-order valence-corrected chi connectivity index (χ4v) is 13.4. The average molecular weight is 1130 g/mol. The first-order valence-electron chi connectivity index (χ1n) is 28.2. The van der Waals surface area contributed by atoms with Gasteiger partial charge in [-0.1, -0.05) is 48.9 Å². The number of esters is 2. The molecule has 7 aliphatic rings. The van der Waals surface area contributed by atoms with Crippen molar-refractivity contribution in [2.24, 2.45) is 16.7 Å². The lowest BCUT2D eigenvalue weighted by molar-refractivity contribution is -0.356. The van der Waals surface area contributed by atoms with Crippen LogP contribution in [-0.4, -0.2) is 203 Å². The van der Waals surface area contributed by atoms with Crippen molar-refractivity contribution in [2.75, 3.05) is 20.8 Å². The smallest absolute Gasteiger partial charge is 0.331 e. The Bertz CT molecular complexity index is 2340. The van der Waals surface area contributed by atoms with Gasteiger partial charge in [0.15, 0.2) is 25.2 Å². The van der Waals surface area contributed by atoms with Crippen molar-refractivity contribution in [3.8, 4) is 0 Å². The number of methoxy groups -OCH3 is 2. The van der Waals surface area contributed by atoms with E-state index < -0.39 is 158 Å². The standard InChI is InChI=1S/C58H84O22/c1-29-52(78-47-26-40(69-8)53(30(2)72-47)79-48-27-41(70-9)54(31(3)73-48)80-55-51(67)50(66)49(65)42(28-59)76-55)39(62)25-46(71-29)75-36-19-21-56(6)35(23-36)16-17-38(61)37(56)24-44(77-45(64)18-15-34-13-11-10-12-14-34)57(7)43(63)20-22-58(57,68)32(4)74-33(5)60/h10-16,18,29-32,36-37,39-42,44,46-55,59,62,65-68H,17,19-28H2,1-9H3. The SMILES string of the molecule is COC1CC(OC2C(O)CC(OC3CCC4(C)C(=CCC(=O)C4CC(OC(=O)C=Cc4ccccc4)C4(C)C(=O)CCC4(O)C(C)OC(C)=O)C3)OC2C)OC(C)C1OC1CC(OC)C(OC2OC(CO)C(O)C(O)C2O)C(C)O1. The van der Waals surface area contributed by atoms with Gasteiger partial charge in [-0.05, 0) is 83.8 Å². The van der Waals surface area contributed by atoms with E-state index in [9.17, 15) is 49.8 Å². The highest BCUT2D eigenvalue weighted by molar-refractivity contribution is 5.92. The van der Waals surface area contributed by atoms with E-state index in [1.165, 1.54) is 27.0 Å². The Morgan fingerprint density at radius 1 is 0.775 bits per heavy atom. The summed E-state index contributed by atoms with van der Waals surface area (Å²) >= 11 is 0. The molecule has 0 bridgehead atoms. The topological polar surface area (TPSA) is 300 Å². The van der Waals surface area contributed by atoms with Crippen LogP contribution in [-0.2, 0) is 76.0 Å². The van der Waals surface area contributed by atoms with E-state index in [0.29, 0.717) is 19.3 Å². The third-order valence-electron chi connectivity index (χ3n) is 18.3. The molecule has 4 heterocycles. The highest BCUT2D eigenvalue weighted by atomic mass is 16.8. The number of ether oxygens (including phenoxy) is 12. The van der Waals surface area contributed by atoms with Gasteiger partial charge < -0.3 is 87.5 Å². The maximum atomic E-state index is 14.2. The lowest BCUT2D eigenvalue weighted by atomic mass is 9.56. The Balaban J connectivity index is 0.863. The van der Waals surface area contributed by atoms with Crippen molar-refractivity contribution in [1.82, 2.24) is 0 Å². The Morgan fingerprint density at radius 3 is 1.98 bits per heavy atom. The predicted octanol–water partition coefficient (Wildman–Crippen LogP) is 2.90. The molecule has 1 aromatic rings. The zero-order valence-corrected chi connectivity index (χ0v) is 47.2. The average Bonchev–Trinajstić information content (AvgIpc) is 3.93. The summed E-state index contributed by atoms with van der Waals surface area (Å²) in [5.74, 6) is -2.59. The Morgan fingerprint density at radius 2 is 1.38 bits per heavy atom. The molecule has 3 aliphatic carbocycles. The van der Waals surface area contributed by atoms with Gasteiger partial charge in [-0.25, -0.2) is 4.79 Å². The van der Waals surface area contributed by atoms with Gasteiger partial charge in [-0.15, -0.1) is 0 Å². The molecule has 22 nitrogen and oxygen atoms in total. The molecule has 6 fully saturated rings. The molecule has 6 N–H and O–H groups in total. The van der Waals surface area contributed by atoms with Crippen molar-refractivity contribution >= 4 is 29.6 Å². The summed E-state index contributed by atoms with van der Waals surface area (Å²) in [7, 11) is 3.04. The number of allylic oxidation sites excluding steroid dienone is 1. The highest BCUT2D eigenvalue weighted by Gasteiger charge is 2.66. The van der Waals surface area contributed by atoms with Crippen LogP contribution in [0.25, 0.3) is 6.08 Å². The van der Waals surface area contributed by atoms with Gasteiger partial charge in [0.05, 0.1) is 54.7 Å². The Labute approximate surface area is 467 Å². The molecule has 0 spiro atoms. The molecule has 1 aromatic carbocycles. The van der Waals surface area contributed by atoms with Gasteiger partial charge in [0.2, 0.25) is 0 Å². The lowest BCUT2D eigenvalue weighted by Crippen LogP contribution is -2.62. The first-order chi connectivity index (χ1) is 37.9. The maximum absolute atomic E-state index is 14.2. The third-order valence-corrected chi connectivity index (χ3v) is 18.3. The van der Waals surface area contributed by atoms with E-state index in [1.54, 1.807) is 34.0 Å². The molecule has 0 aromatic heterocycles. The van der Waals surface area contributed by atoms with E-state index in [-0.39, 0.29) is 62.6 Å². The molecule has 8 rings (SSSR count). The van der Waals surface area contributed by atoms with Crippen LogP contribution in [0, 0.1) is 16.7 Å². The summed E-state index contributed by atoms with van der Waals surface area (Å²) in [5.41, 5.74) is -2.68. The number of benzene rings is 1. The van der Waals surface area contributed by atoms with E-state index in [2.05, 4.69) is 0 Å². The van der Waals surface area contributed by atoms with E-state index in [4.69, 9.17) is 56.8 Å². The third kappa shape index (κ3) is 13.0. The van der Waals surface area contributed by atoms with Gasteiger partial charge in [0.1, 0.15) is 72.1 Å². The van der Waals surface area contributed by atoms with Crippen LogP contribution < -0.4 is 0 Å². The molecular weight excluding hydrogens is 1050 g/mol. The molecule has 80 heavy (non-hydrogen) atoms. The molecule has 24 atom stereocenters. The Kier molecular flexibility index (Phi) is 20.3. The first-order valence-corrected chi connectivity index (χ1v) is 28.2. The zero-order valence-electron chi connectivity index (χ0n) is 47.2. The van der Waals surface area contributed by atoms with Gasteiger partial charge in [0.25, 0.3) is 0 Å². The minimum atomic E-state index is -1.92. The molecule has 22 heteroatoms. The van der Waals surface area contributed by atoms with Crippen LogP contribution >= 0.6 is 0 Å². The second-order valence-electron chi connectivity index (χ2n) is 23.2. The van der Waals surface area contributed by atoms with Crippen LogP contribution in [0.15, 0.2) is 48.1 Å². The number of fused-ring (bicyclic) bond motifs is 1. The van der Waals surface area contributed by atoms with E-state index >= 15 is 0 Å². The number of carbonyl (C=O) groups excluding carboxylic acids is 4. The zero-order chi connectivity index (χ0) is 58.0. The number of ketones is 2. The summed E-state index contributed by atoms with van der Waals surface area (Å²) in [6.07, 6.45) is -12.1. The molecule has 4 aliphatic heterocycles. The summed E-state index contributed by atoms with van der Waals surface area (Å²) in [5, 5.41) is 64.8. The number of aliphatic hydroxyl groups excluding tert-OH is 5. The molecule has 2 saturated carbocycles. The number of rotatable bonds is 19. The Hall–Kier alpha value is -3.66. The van der Waals surface area contributed by atoms with E-state index in [0.717, 1.165) is 11.1 Å². The quantitative estimate of drug-likeness (QED) is 0.0659. The largest absolute Gasteiger partial charge is 0.460 e. The number of Topliss-reactive ketones (excluding diaryl/α,β-unsaturated/α-hetero) is 2. The fourth-order valence-electron chi connectivity index (χ4n) is 13.4. The summed E-state index contributed by atoms with van der Waals surface area (Å²) in [6.45, 7) is 11.0. The minimum Gasteiger partial charge on any atom is -0.460 e. The van der Waals surface area contributed by atoms with Crippen LogP contribution in [0.2, 0.25) is 0 Å². The van der Waals surface area contributed by atoms with Gasteiger partial charge in [-0.2, -0.15) is 0 Å². The summed E-state index contributed by atoms with van der Waals surface area (Å²) in [6, 6.07) is 9.12. The van der Waals surface area contributed by atoms with Crippen LogP contribution in [0.5, 0.6) is 0 Å². The normalized spacial score (nSPS) is 43.3. The second kappa shape index (κ2) is 26.1. The number of aliphatic hydroxyl groups is 6. The number of hydrogen-bond donors (Lipinski definition) is 6. The molecular formula is C58H84O22. The van der Waals surface area contributed by atoms with Crippen LogP contribution in [0.1, 0.15) is 118 Å². The number of carbonyl (C=O) groups is 4. The second-order valence-corrected chi connectivity index (χ2v) is 23.2. The van der Waals surface area contributed by atoms with Crippen LogP contribution in [0.4, 0.5) is 0 Å². The lowest BCUT2D eigenvalue weighted by Gasteiger charge is -2.51. The van der Waals surface area contributed by atoms with Gasteiger partial charge in [0, 0.05) is 65.2 Å². The first kappa shape index (κ1) is 62.4. The molecule has 4 saturated heterocycles. The van der Waals surface area contributed by atoms with Crippen molar-refractivity contribution < 1.29 is 107 Å². The minimum absolute atomic E-state index is 0.0396. The van der Waals surface area contributed by atoms with Crippen molar-refractivity contribution in [2.45, 2.75) is 241 Å². The van der Waals surface area contributed by atoms with Crippen LogP contribution in [0.3, 0.4) is 0 Å². The summed E-state index contributed by atoms with van der Waals surface area (Å²) < 4.78 is 73.4. The van der Waals surface area contributed by atoms with E-state index in [1.807, 2.05) is 50.3 Å². The molecule has 448 valence electrons. The molecule has 0 radical (unpaired) electrons. The highest BCUT2D eigenvalue weighted by Crippen LogP contribution is 2.56. The van der Waals surface area contributed by atoms with Crippen molar-refractivity contribution in [3.05, 3.63) is 53.6 Å². The maximum Gasteiger partial charge on any atom is 0.331 e. The van der Waals surface area contributed by atoms with Gasteiger partial charge >= 0.3 is 11.9 Å². The summed E-state index contributed by atoms with van der Waals surface area (Å²) in [4.78, 5) is 54.2. The van der Waals surface area contributed by atoms with Crippen molar-refractivity contribution in [1.29, 1.82) is 0 Å². The monoisotopic (exact) mass is 1130 g/mol. The van der Waals surface area contributed by atoms with Crippen molar-refractivity contribution in [3.63, 3.8) is 0 Å². The molecule has 24 unspecified atom stereocenters. The fraction of sp³-hybridized carbons (Fsp3) is 0.759. The predicted molar refractivity (Wildman–Crippen MR) is 279 cm³/mol. The number of hydrogen-bond acceptors (Lipinski definition) is 22. The van der Waals surface area contributed by atoms with Gasteiger partial charge in [-0.3, -0.25) is 14.4 Å².